The summed E-state index contributed by atoms with van der Waals surface area (Å²) in [5.74, 6) is -1.13. The predicted molar refractivity (Wildman–Crippen MR) is 109 cm³/mol. The number of anilines is 3. The predicted octanol–water partition coefficient (Wildman–Crippen LogP) is 1.12. The molecule has 0 fully saturated rings. The van der Waals surface area contributed by atoms with Crippen LogP contribution in [0.5, 0.6) is 0 Å². The van der Waals surface area contributed by atoms with Crippen LogP contribution in [-0.2, 0) is 19.6 Å². The van der Waals surface area contributed by atoms with Gasteiger partial charge in [0.25, 0.3) is 5.91 Å². The summed E-state index contributed by atoms with van der Waals surface area (Å²) >= 11 is 0. The van der Waals surface area contributed by atoms with E-state index in [1.54, 1.807) is 36.4 Å². The van der Waals surface area contributed by atoms with E-state index in [2.05, 4.69) is 10.6 Å². The molecule has 3 rings (SSSR count). The summed E-state index contributed by atoms with van der Waals surface area (Å²) in [4.78, 5) is 38.2. The smallest absolute Gasteiger partial charge is 0.258 e. The molecule has 3 amide bonds. The number of amides is 3. The summed E-state index contributed by atoms with van der Waals surface area (Å²) in [6.07, 6.45) is 1.01. The van der Waals surface area contributed by atoms with Crippen molar-refractivity contribution in [3.8, 4) is 0 Å². The summed E-state index contributed by atoms with van der Waals surface area (Å²) in [5.41, 5.74) is 1.94. The third-order valence-electron chi connectivity index (χ3n) is 4.36. The zero-order valence-electron chi connectivity index (χ0n) is 15.9. The zero-order chi connectivity index (χ0) is 21.2. The lowest BCUT2D eigenvalue weighted by atomic mass is 10.1. The fourth-order valence-electron chi connectivity index (χ4n) is 2.79. The van der Waals surface area contributed by atoms with Crippen LogP contribution in [0.15, 0.2) is 48.5 Å². The van der Waals surface area contributed by atoms with Crippen LogP contribution in [0.2, 0.25) is 0 Å². The maximum absolute atomic E-state index is 12.9. The van der Waals surface area contributed by atoms with Crippen LogP contribution >= 0.6 is 0 Å². The van der Waals surface area contributed by atoms with Gasteiger partial charge in [-0.15, -0.1) is 0 Å². The molecule has 29 heavy (non-hydrogen) atoms. The van der Waals surface area contributed by atoms with Gasteiger partial charge in [0.2, 0.25) is 21.8 Å². The Labute approximate surface area is 168 Å². The topological polar surface area (TPSA) is 116 Å². The Bertz CT molecular complexity index is 1070. The first-order chi connectivity index (χ1) is 13.6. The Balaban J connectivity index is 1.71. The Morgan fingerprint density at radius 2 is 1.79 bits per heavy atom. The third-order valence-corrected chi connectivity index (χ3v) is 5.63. The second-order valence-electron chi connectivity index (χ2n) is 6.60. The molecule has 0 saturated carbocycles. The Kier molecular flexibility index (Phi) is 5.66. The molecule has 0 aliphatic carbocycles. The van der Waals surface area contributed by atoms with Gasteiger partial charge < -0.3 is 10.6 Å². The fraction of sp³-hybridized carbons (Fsp3) is 0.211. The fourth-order valence-corrected chi connectivity index (χ4v) is 3.14. The van der Waals surface area contributed by atoms with Crippen molar-refractivity contribution < 1.29 is 22.8 Å². The number of nitrogens with one attached hydrogen (secondary N) is 2. The molecular weight excluding hydrogens is 396 g/mol. The number of sulfonamides is 1. The third kappa shape index (κ3) is 4.79. The number of rotatable bonds is 5. The number of benzene rings is 2. The number of likely N-dealkylation sites (N-methyl/N-ethyl adjacent to an activating group) is 1. The second-order valence-corrected chi connectivity index (χ2v) is 8.69. The van der Waals surface area contributed by atoms with Crippen molar-refractivity contribution >= 4 is 44.8 Å². The molecule has 1 aliphatic rings. The van der Waals surface area contributed by atoms with Gasteiger partial charge in [-0.05, 0) is 36.4 Å². The van der Waals surface area contributed by atoms with Gasteiger partial charge in [0.1, 0.15) is 6.54 Å². The Hall–Kier alpha value is -3.24. The summed E-state index contributed by atoms with van der Waals surface area (Å²) in [7, 11) is -2.15. The minimum absolute atomic E-state index is 0.0911. The summed E-state index contributed by atoms with van der Waals surface area (Å²) in [6.45, 7) is -0.411. The minimum Gasteiger partial charge on any atom is -0.325 e. The molecule has 2 N–H and O–H groups in total. The van der Waals surface area contributed by atoms with Crippen molar-refractivity contribution in [3.63, 3.8) is 0 Å². The van der Waals surface area contributed by atoms with Crippen molar-refractivity contribution in [1.82, 2.24) is 4.31 Å². The largest absolute Gasteiger partial charge is 0.325 e. The molecule has 10 heteroatoms. The number of hydrogen-bond acceptors (Lipinski definition) is 5. The molecule has 0 spiro atoms. The van der Waals surface area contributed by atoms with E-state index >= 15 is 0 Å². The number of nitrogens with zero attached hydrogens (tertiary/aromatic N) is 2. The monoisotopic (exact) mass is 416 g/mol. The van der Waals surface area contributed by atoms with Crippen LogP contribution in [0.25, 0.3) is 0 Å². The maximum atomic E-state index is 12.9. The minimum atomic E-state index is -3.46. The molecule has 2 aromatic rings. The lowest BCUT2D eigenvalue weighted by Crippen LogP contribution is -2.42. The van der Waals surface area contributed by atoms with Gasteiger partial charge in [0.05, 0.1) is 24.2 Å². The highest BCUT2D eigenvalue weighted by molar-refractivity contribution is 7.88. The van der Waals surface area contributed by atoms with E-state index in [1.807, 2.05) is 0 Å². The van der Waals surface area contributed by atoms with Gasteiger partial charge in [-0.3, -0.25) is 19.3 Å². The van der Waals surface area contributed by atoms with Crippen molar-refractivity contribution in [1.29, 1.82) is 0 Å². The summed E-state index contributed by atoms with van der Waals surface area (Å²) < 4.78 is 23.7. The van der Waals surface area contributed by atoms with Gasteiger partial charge in [-0.25, -0.2) is 8.42 Å². The van der Waals surface area contributed by atoms with Crippen LogP contribution < -0.4 is 15.5 Å². The average Bonchev–Trinajstić information content (AvgIpc) is 2.66. The number of fused-ring (bicyclic) bond motifs is 1. The molecule has 0 radical (unpaired) electrons. The van der Waals surface area contributed by atoms with Gasteiger partial charge >= 0.3 is 0 Å². The number of carbonyl (C=O) groups is 3. The molecule has 9 nitrogen and oxygen atoms in total. The quantitative estimate of drug-likeness (QED) is 0.758. The van der Waals surface area contributed by atoms with Gasteiger partial charge in [0, 0.05) is 18.3 Å². The van der Waals surface area contributed by atoms with Gasteiger partial charge in [-0.2, -0.15) is 4.31 Å². The second kappa shape index (κ2) is 8.02. The standard InChI is InChI=1S/C19H20N4O5S/c1-22(29(2,27)28)11-17(24)20-14-9-7-13(8-10-14)19(26)23-12-18(25)21-15-5-3-4-6-16(15)23/h3-10H,11-12H2,1-2H3,(H,20,24)(H,21,25). The van der Waals surface area contributed by atoms with Crippen molar-refractivity contribution in [3.05, 3.63) is 54.1 Å². The summed E-state index contributed by atoms with van der Waals surface area (Å²) in [5, 5.41) is 5.31. The van der Waals surface area contributed by atoms with E-state index in [1.165, 1.54) is 24.1 Å². The molecule has 1 aliphatic heterocycles. The van der Waals surface area contributed by atoms with E-state index in [-0.39, 0.29) is 24.9 Å². The molecule has 0 unspecified atom stereocenters. The summed E-state index contributed by atoms with van der Waals surface area (Å²) in [6, 6.07) is 13.2. The molecule has 2 aromatic carbocycles. The lowest BCUT2D eigenvalue weighted by molar-refractivity contribution is -0.116. The average molecular weight is 416 g/mol. The molecule has 0 bridgehead atoms. The van der Waals surface area contributed by atoms with Crippen LogP contribution in [0.4, 0.5) is 17.1 Å². The van der Waals surface area contributed by atoms with Crippen LogP contribution in [0, 0.1) is 0 Å². The molecule has 0 aromatic heterocycles. The van der Waals surface area contributed by atoms with Gasteiger partial charge in [0.15, 0.2) is 0 Å². The number of para-hydroxylation sites is 2. The Morgan fingerprint density at radius 1 is 1.14 bits per heavy atom. The number of hydrogen-bond donors (Lipinski definition) is 2. The lowest BCUT2D eigenvalue weighted by Gasteiger charge is -2.29. The van der Waals surface area contributed by atoms with E-state index in [0.717, 1.165) is 10.6 Å². The molecule has 1 heterocycles. The van der Waals surface area contributed by atoms with Crippen molar-refractivity contribution in [2.24, 2.45) is 0 Å². The zero-order valence-corrected chi connectivity index (χ0v) is 16.7. The van der Waals surface area contributed by atoms with Crippen LogP contribution in [0.3, 0.4) is 0 Å². The Morgan fingerprint density at radius 3 is 2.45 bits per heavy atom. The highest BCUT2D eigenvalue weighted by Crippen LogP contribution is 2.30. The van der Waals surface area contributed by atoms with Crippen molar-refractivity contribution in [2.45, 2.75) is 0 Å². The van der Waals surface area contributed by atoms with Gasteiger partial charge in [-0.1, -0.05) is 12.1 Å². The van der Waals surface area contributed by atoms with E-state index in [4.69, 9.17) is 0 Å². The first kappa shape index (κ1) is 20.5. The SMILES string of the molecule is CN(CC(=O)Nc1ccc(C(=O)N2CC(=O)Nc3ccccc32)cc1)S(C)(=O)=O. The van der Waals surface area contributed by atoms with Crippen LogP contribution in [-0.4, -0.2) is 56.8 Å². The highest BCUT2D eigenvalue weighted by atomic mass is 32.2. The van der Waals surface area contributed by atoms with Crippen molar-refractivity contribution in [2.75, 3.05) is 41.9 Å². The van der Waals surface area contributed by atoms with E-state index < -0.39 is 15.9 Å². The molecule has 152 valence electrons. The van der Waals surface area contributed by atoms with E-state index in [0.29, 0.717) is 22.6 Å². The molecular formula is C19H20N4O5S. The van der Waals surface area contributed by atoms with Crippen LogP contribution in [0.1, 0.15) is 10.4 Å². The normalized spacial score (nSPS) is 13.6. The number of carbonyl (C=O) groups excluding carboxylic acids is 3. The van der Waals surface area contributed by atoms with E-state index in [9.17, 15) is 22.8 Å². The molecule has 0 saturated heterocycles. The maximum Gasteiger partial charge on any atom is 0.258 e. The first-order valence-electron chi connectivity index (χ1n) is 8.67. The molecule has 0 atom stereocenters. The highest BCUT2D eigenvalue weighted by Gasteiger charge is 2.27. The first-order valence-corrected chi connectivity index (χ1v) is 10.5.